The number of amides is 1. The fourth-order valence-corrected chi connectivity index (χ4v) is 3.62. The van der Waals surface area contributed by atoms with E-state index in [1.807, 2.05) is 36.7 Å². The number of furan rings is 1. The van der Waals surface area contributed by atoms with Crippen LogP contribution in [0, 0.1) is 19.7 Å². The van der Waals surface area contributed by atoms with Gasteiger partial charge in [-0.25, -0.2) is 4.39 Å². The lowest BCUT2D eigenvalue weighted by Crippen LogP contribution is -2.12. The molecule has 0 fully saturated rings. The van der Waals surface area contributed by atoms with E-state index in [0.717, 1.165) is 11.3 Å². The summed E-state index contributed by atoms with van der Waals surface area (Å²) in [6.45, 7) is 4.33. The number of methoxy groups -OCH3 is 2. The Labute approximate surface area is 202 Å². The number of nitrogens with zero attached hydrogens (tertiary/aromatic N) is 2. The smallest absolute Gasteiger partial charge is 0.291 e. The average molecular weight is 480 g/mol. The van der Waals surface area contributed by atoms with Gasteiger partial charge in [0.2, 0.25) is 0 Å². The molecule has 4 rings (SSSR count). The van der Waals surface area contributed by atoms with Crippen LogP contribution < -0.4 is 19.5 Å². The number of benzene rings is 2. The van der Waals surface area contributed by atoms with Gasteiger partial charge in [0, 0.05) is 0 Å². The Morgan fingerprint density at radius 2 is 1.77 bits per heavy atom. The molecule has 0 unspecified atom stereocenters. The Bertz CT molecular complexity index is 1330. The molecule has 2 aromatic carbocycles. The number of carbonyl (C=O) groups excluding carboxylic acids is 1. The molecule has 1 N–H and O–H groups in total. The first kappa shape index (κ1) is 23.9. The lowest BCUT2D eigenvalue weighted by Gasteiger charge is -2.11. The molecule has 2 aromatic heterocycles. The lowest BCUT2D eigenvalue weighted by molar-refractivity contribution is 0.0992. The Morgan fingerprint density at radius 1 is 1.03 bits per heavy atom. The van der Waals surface area contributed by atoms with E-state index in [1.54, 1.807) is 26.4 Å². The van der Waals surface area contributed by atoms with Crippen LogP contribution in [0.15, 0.2) is 59.0 Å². The van der Waals surface area contributed by atoms with Crippen molar-refractivity contribution >= 4 is 11.6 Å². The van der Waals surface area contributed by atoms with Crippen molar-refractivity contribution in [2.75, 3.05) is 19.5 Å². The fraction of sp³-hybridized carbons (Fsp3) is 0.231. The number of hydrogen-bond donors (Lipinski definition) is 1. The first-order valence-electron chi connectivity index (χ1n) is 10.9. The molecule has 0 spiro atoms. The van der Waals surface area contributed by atoms with Crippen molar-refractivity contribution in [1.82, 2.24) is 9.78 Å². The summed E-state index contributed by atoms with van der Waals surface area (Å²) in [4.78, 5) is 12.8. The molecule has 0 saturated heterocycles. The number of anilines is 1. The molecule has 0 aliphatic rings. The van der Waals surface area contributed by atoms with Crippen LogP contribution in [0.4, 0.5) is 10.1 Å². The summed E-state index contributed by atoms with van der Waals surface area (Å²) in [5.74, 6) is 1.67. The monoisotopic (exact) mass is 479 g/mol. The van der Waals surface area contributed by atoms with E-state index in [0.29, 0.717) is 40.9 Å². The van der Waals surface area contributed by atoms with E-state index >= 15 is 0 Å². The van der Waals surface area contributed by atoms with Gasteiger partial charge in [0.15, 0.2) is 17.3 Å². The number of carbonyl (C=O) groups is 1. The highest BCUT2D eigenvalue weighted by molar-refractivity contribution is 6.02. The molecule has 2 heterocycles. The van der Waals surface area contributed by atoms with Gasteiger partial charge < -0.3 is 23.9 Å². The molecule has 8 nitrogen and oxygen atoms in total. The molecule has 0 saturated carbocycles. The summed E-state index contributed by atoms with van der Waals surface area (Å²) in [5.41, 5.74) is 3.08. The van der Waals surface area contributed by atoms with Gasteiger partial charge >= 0.3 is 0 Å². The number of halogens is 1. The Balaban J connectivity index is 1.42. The number of nitrogens with one attached hydrogen (secondary N) is 1. The SMILES string of the molecule is COc1ccc(Cn2nc(C)c(NC(=O)c3ccc(COc4ccc(F)cc4)o3)c2C)cc1OC. The van der Waals surface area contributed by atoms with E-state index in [9.17, 15) is 9.18 Å². The predicted molar refractivity (Wildman–Crippen MR) is 128 cm³/mol. The lowest BCUT2D eigenvalue weighted by atomic mass is 10.2. The van der Waals surface area contributed by atoms with Gasteiger partial charge in [-0.3, -0.25) is 9.48 Å². The topological polar surface area (TPSA) is 87.8 Å². The van der Waals surface area contributed by atoms with Crippen LogP contribution in [0.3, 0.4) is 0 Å². The summed E-state index contributed by atoms with van der Waals surface area (Å²) in [6, 6.07) is 14.6. The van der Waals surface area contributed by atoms with Gasteiger partial charge in [-0.05, 0) is 67.9 Å². The minimum atomic E-state index is -0.394. The molecular formula is C26H26FN3O5. The van der Waals surface area contributed by atoms with Crippen molar-refractivity contribution in [3.63, 3.8) is 0 Å². The van der Waals surface area contributed by atoms with E-state index in [-0.39, 0.29) is 18.2 Å². The van der Waals surface area contributed by atoms with Gasteiger partial charge in [0.1, 0.15) is 23.9 Å². The van der Waals surface area contributed by atoms with E-state index in [1.165, 1.54) is 24.3 Å². The second-order valence-electron chi connectivity index (χ2n) is 7.86. The molecule has 4 aromatic rings. The summed E-state index contributed by atoms with van der Waals surface area (Å²) in [7, 11) is 3.18. The highest BCUT2D eigenvalue weighted by Gasteiger charge is 2.18. The van der Waals surface area contributed by atoms with E-state index in [2.05, 4.69) is 10.4 Å². The Kier molecular flexibility index (Phi) is 7.05. The first-order valence-corrected chi connectivity index (χ1v) is 10.9. The van der Waals surface area contributed by atoms with Crippen molar-refractivity contribution in [2.24, 2.45) is 0 Å². The zero-order chi connectivity index (χ0) is 24.9. The number of ether oxygens (including phenoxy) is 3. The Morgan fingerprint density at radius 3 is 2.49 bits per heavy atom. The van der Waals surface area contributed by atoms with E-state index < -0.39 is 5.91 Å². The maximum atomic E-state index is 13.0. The maximum Gasteiger partial charge on any atom is 0.291 e. The maximum absolute atomic E-state index is 13.0. The quantitative estimate of drug-likeness (QED) is 0.358. The number of aromatic nitrogens is 2. The zero-order valence-corrected chi connectivity index (χ0v) is 19.9. The molecule has 9 heteroatoms. The van der Waals surface area contributed by atoms with Crippen LogP contribution >= 0.6 is 0 Å². The normalized spacial score (nSPS) is 10.8. The summed E-state index contributed by atoms with van der Waals surface area (Å²) in [6.07, 6.45) is 0. The standard InChI is InChI=1S/C26H26FN3O5/c1-16-25(17(2)30(29-16)14-18-5-11-22(32-3)24(13-18)33-4)28-26(31)23-12-10-21(35-23)15-34-20-8-6-19(27)7-9-20/h5-13H,14-15H2,1-4H3,(H,28,31). The molecule has 0 bridgehead atoms. The number of hydrogen-bond acceptors (Lipinski definition) is 6. The summed E-state index contributed by atoms with van der Waals surface area (Å²) in [5, 5.41) is 7.47. The fourth-order valence-electron chi connectivity index (χ4n) is 3.62. The largest absolute Gasteiger partial charge is 0.493 e. The third kappa shape index (κ3) is 5.46. The van der Waals surface area contributed by atoms with Crippen molar-refractivity contribution < 1.29 is 27.8 Å². The Hall–Kier alpha value is -4.27. The molecule has 0 radical (unpaired) electrons. The van der Waals surface area contributed by atoms with Crippen molar-refractivity contribution in [3.8, 4) is 17.2 Å². The minimum Gasteiger partial charge on any atom is -0.493 e. The van der Waals surface area contributed by atoms with Crippen LogP contribution in [-0.2, 0) is 13.2 Å². The molecule has 0 aliphatic carbocycles. The van der Waals surface area contributed by atoms with Gasteiger partial charge in [0.05, 0.1) is 37.8 Å². The van der Waals surface area contributed by atoms with Crippen LogP contribution in [0.5, 0.6) is 17.2 Å². The highest BCUT2D eigenvalue weighted by atomic mass is 19.1. The van der Waals surface area contributed by atoms with Crippen LogP contribution in [-0.4, -0.2) is 29.9 Å². The molecule has 0 aliphatic heterocycles. The third-order valence-corrected chi connectivity index (χ3v) is 5.48. The molecular weight excluding hydrogens is 453 g/mol. The average Bonchev–Trinajstić information content (AvgIpc) is 3.44. The van der Waals surface area contributed by atoms with E-state index in [4.69, 9.17) is 18.6 Å². The van der Waals surface area contributed by atoms with Crippen LogP contribution in [0.25, 0.3) is 0 Å². The molecule has 0 atom stereocenters. The molecule has 182 valence electrons. The van der Waals surface area contributed by atoms with Gasteiger partial charge in [-0.15, -0.1) is 0 Å². The summed E-state index contributed by atoms with van der Waals surface area (Å²) < 4.78 is 36.7. The van der Waals surface area contributed by atoms with Crippen LogP contribution in [0.1, 0.15) is 33.3 Å². The van der Waals surface area contributed by atoms with Crippen molar-refractivity contribution in [3.05, 3.63) is 88.9 Å². The van der Waals surface area contributed by atoms with Gasteiger partial charge in [-0.1, -0.05) is 6.07 Å². The van der Waals surface area contributed by atoms with Gasteiger partial charge in [-0.2, -0.15) is 5.10 Å². The summed E-state index contributed by atoms with van der Waals surface area (Å²) >= 11 is 0. The zero-order valence-electron chi connectivity index (χ0n) is 19.9. The predicted octanol–water partition coefficient (Wildman–Crippen LogP) is 5.13. The minimum absolute atomic E-state index is 0.111. The number of rotatable bonds is 9. The van der Waals surface area contributed by atoms with Crippen molar-refractivity contribution in [1.29, 1.82) is 0 Å². The second kappa shape index (κ2) is 10.3. The van der Waals surface area contributed by atoms with Gasteiger partial charge in [0.25, 0.3) is 5.91 Å². The first-order chi connectivity index (χ1) is 16.9. The number of aryl methyl sites for hydroxylation is 1. The molecule has 1 amide bonds. The van der Waals surface area contributed by atoms with Crippen LogP contribution in [0.2, 0.25) is 0 Å². The second-order valence-corrected chi connectivity index (χ2v) is 7.86. The molecule has 35 heavy (non-hydrogen) atoms. The van der Waals surface area contributed by atoms with Crippen molar-refractivity contribution in [2.45, 2.75) is 27.0 Å². The highest BCUT2D eigenvalue weighted by Crippen LogP contribution is 2.29. The third-order valence-electron chi connectivity index (χ3n) is 5.48.